The van der Waals surface area contributed by atoms with E-state index in [1.54, 1.807) is 6.20 Å². The fourth-order valence-electron chi connectivity index (χ4n) is 1.34. The Morgan fingerprint density at radius 3 is 2.88 bits per heavy atom. The molecule has 2 aromatic rings. The molecule has 2 aromatic heterocycles. The quantitative estimate of drug-likeness (QED) is 0.840. The van der Waals surface area contributed by atoms with E-state index in [1.165, 1.54) is 0 Å². The van der Waals surface area contributed by atoms with Crippen LogP contribution in [0.3, 0.4) is 0 Å². The lowest BCUT2D eigenvalue weighted by Crippen LogP contribution is -2.18. The molecule has 0 bridgehead atoms. The number of rotatable bonds is 3. The first-order valence-electron chi connectivity index (χ1n) is 5.16. The standard InChI is InChI=1S/C11H14N4O/c1-7(12)5-10-14-11(16-15-10)9-4-3-8(2)13-6-9/h3-4,6-7H,5,12H2,1-2H3. The molecule has 84 valence electrons. The third-order valence-electron chi connectivity index (χ3n) is 2.13. The summed E-state index contributed by atoms with van der Waals surface area (Å²) in [6.45, 7) is 3.84. The Hall–Kier alpha value is -1.75. The molecule has 0 aromatic carbocycles. The number of hydrogen-bond acceptors (Lipinski definition) is 5. The molecule has 0 spiro atoms. The van der Waals surface area contributed by atoms with Crippen molar-refractivity contribution in [3.8, 4) is 11.5 Å². The summed E-state index contributed by atoms with van der Waals surface area (Å²) in [5.41, 5.74) is 7.44. The van der Waals surface area contributed by atoms with Gasteiger partial charge in [-0.3, -0.25) is 4.98 Å². The lowest BCUT2D eigenvalue weighted by atomic mass is 10.2. The zero-order valence-electron chi connectivity index (χ0n) is 9.34. The molecule has 0 aliphatic heterocycles. The molecule has 1 unspecified atom stereocenters. The molecule has 0 amide bonds. The Labute approximate surface area is 93.7 Å². The molecule has 0 fully saturated rings. The largest absolute Gasteiger partial charge is 0.334 e. The van der Waals surface area contributed by atoms with E-state index in [2.05, 4.69) is 15.1 Å². The van der Waals surface area contributed by atoms with E-state index >= 15 is 0 Å². The van der Waals surface area contributed by atoms with Crippen LogP contribution in [0.4, 0.5) is 0 Å². The van der Waals surface area contributed by atoms with Gasteiger partial charge >= 0.3 is 0 Å². The summed E-state index contributed by atoms with van der Waals surface area (Å²) in [4.78, 5) is 8.43. The predicted octanol–water partition coefficient (Wildman–Crippen LogP) is 1.33. The highest BCUT2D eigenvalue weighted by atomic mass is 16.5. The summed E-state index contributed by atoms with van der Waals surface area (Å²) in [6.07, 6.45) is 2.33. The predicted molar refractivity (Wildman–Crippen MR) is 59.6 cm³/mol. The molecule has 0 aliphatic carbocycles. The van der Waals surface area contributed by atoms with Crippen LogP contribution in [0.2, 0.25) is 0 Å². The lowest BCUT2D eigenvalue weighted by molar-refractivity contribution is 0.420. The Morgan fingerprint density at radius 1 is 1.44 bits per heavy atom. The third kappa shape index (κ3) is 2.43. The number of hydrogen-bond donors (Lipinski definition) is 1. The summed E-state index contributed by atoms with van der Waals surface area (Å²) in [6, 6.07) is 3.84. The van der Waals surface area contributed by atoms with Crippen LogP contribution in [-0.2, 0) is 6.42 Å². The van der Waals surface area contributed by atoms with Gasteiger partial charge in [-0.05, 0) is 26.0 Å². The maximum atomic E-state index is 5.66. The van der Waals surface area contributed by atoms with Gasteiger partial charge < -0.3 is 10.3 Å². The van der Waals surface area contributed by atoms with Gasteiger partial charge in [-0.15, -0.1) is 0 Å². The first-order valence-corrected chi connectivity index (χ1v) is 5.16. The van der Waals surface area contributed by atoms with Crippen LogP contribution in [0.15, 0.2) is 22.9 Å². The summed E-state index contributed by atoms with van der Waals surface area (Å²) in [5, 5.41) is 3.86. The van der Waals surface area contributed by atoms with Crippen LogP contribution >= 0.6 is 0 Å². The van der Waals surface area contributed by atoms with Gasteiger partial charge in [0.2, 0.25) is 0 Å². The van der Waals surface area contributed by atoms with Crippen molar-refractivity contribution in [2.24, 2.45) is 5.73 Å². The first-order chi connectivity index (χ1) is 7.65. The third-order valence-corrected chi connectivity index (χ3v) is 2.13. The minimum absolute atomic E-state index is 0.0293. The molecule has 2 heterocycles. The SMILES string of the molecule is Cc1ccc(-c2nc(CC(C)N)no2)cn1. The van der Waals surface area contributed by atoms with Crippen molar-refractivity contribution in [3.63, 3.8) is 0 Å². The molecule has 0 radical (unpaired) electrons. The van der Waals surface area contributed by atoms with Gasteiger partial charge in [0.25, 0.3) is 5.89 Å². The van der Waals surface area contributed by atoms with E-state index < -0.39 is 0 Å². The first kappa shape index (κ1) is 10.8. The molecule has 16 heavy (non-hydrogen) atoms. The molecule has 2 N–H and O–H groups in total. The number of nitrogens with two attached hydrogens (primary N) is 1. The van der Waals surface area contributed by atoms with Crippen molar-refractivity contribution in [3.05, 3.63) is 29.8 Å². The Kier molecular flexibility index (Phi) is 2.96. The van der Waals surface area contributed by atoms with Crippen LogP contribution in [0.1, 0.15) is 18.4 Å². The van der Waals surface area contributed by atoms with E-state index in [-0.39, 0.29) is 6.04 Å². The monoisotopic (exact) mass is 218 g/mol. The summed E-state index contributed by atoms with van der Waals surface area (Å²) in [5.74, 6) is 1.12. The number of aromatic nitrogens is 3. The van der Waals surface area contributed by atoms with Gasteiger partial charge in [-0.25, -0.2) is 0 Å². The lowest BCUT2D eigenvalue weighted by Gasteiger charge is -1.97. The van der Waals surface area contributed by atoms with Gasteiger partial charge in [0.05, 0.1) is 5.56 Å². The zero-order chi connectivity index (χ0) is 11.5. The van der Waals surface area contributed by atoms with E-state index in [1.807, 2.05) is 26.0 Å². The molecular weight excluding hydrogens is 204 g/mol. The average molecular weight is 218 g/mol. The highest BCUT2D eigenvalue weighted by Crippen LogP contribution is 2.16. The van der Waals surface area contributed by atoms with Crippen LogP contribution in [0, 0.1) is 6.92 Å². The molecule has 2 rings (SSSR count). The molecule has 0 saturated carbocycles. The fraction of sp³-hybridized carbons (Fsp3) is 0.364. The Balaban J connectivity index is 2.21. The smallest absolute Gasteiger partial charge is 0.259 e. The molecule has 0 saturated heterocycles. The Morgan fingerprint density at radius 2 is 2.25 bits per heavy atom. The number of pyridine rings is 1. The molecular formula is C11H14N4O. The van der Waals surface area contributed by atoms with Gasteiger partial charge in [0.15, 0.2) is 5.82 Å². The zero-order valence-corrected chi connectivity index (χ0v) is 9.34. The maximum absolute atomic E-state index is 5.66. The van der Waals surface area contributed by atoms with Crippen molar-refractivity contribution in [2.75, 3.05) is 0 Å². The second-order valence-electron chi connectivity index (χ2n) is 3.89. The van der Waals surface area contributed by atoms with Crippen LogP contribution in [0.5, 0.6) is 0 Å². The second-order valence-corrected chi connectivity index (χ2v) is 3.89. The van der Waals surface area contributed by atoms with Crippen molar-refractivity contribution in [1.29, 1.82) is 0 Å². The Bertz CT molecular complexity index is 461. The van der Waals surface area contributed by atoms with Crippen molar-refractivity contribution < 1.29 is 4.52 Å². The number of aryl methyl sites for hydroxylation is 1. The molecule has 1 atom stereocenters. The minimum Gasteiger partial charge on any atom is -0.334 e. The van der Waals surface area contributed by atoms with E-state index in [9.17, 15) is 0 Å². The van der Waals surface area contributed by atoms with Crippen LogP contribution < -0.4 is 5.73 Å². The summed E-state index contributed by atoms with van der Waals surface area (Å²) < 4.78 is 5.13. The van der Waals surface area contributed by atoms with Crippen molar-refractivity contribution in [2.45, 2.75) is 26.3 Å². The van der Waals surface area contributed by atoms with E-state index in [0.717, 1.165) is 11.3 Å². The van der Waals surface area contributed by atoms with Crippen molar-refractivity contribution >= 4 is 0 Å². The van der Waals surface area contributed by atoms with Gasteiger partial charge in [-0.2, -0.15) is 4.98 Å². The van der Waals surface area contributed by atoms with Crippen molar-refractivity contribution in [1.82, 2.24) is 15.1 Å². The highest BCUT2D eigenvalue weighted by Gasteiger charge is 2.10. The molecule has 0 aliphatic rings. The average Bonchev–Trinajstić information content (AvgIpc) is 2.66. The second kappa shape index (κ2) is 4.40. The number of nitrogens with zero attached hydrogens (tertiary/aromatic N) is 3. The summed E-state index contributed by atoms with van der Waals surface area (Å²) in [7, 11) is 0. The molecule has 5 heteroatoms. The highest BCUT2D eigenvalue weighted by molar-refractivity contribution is 5.50. The topological polar surface area (TPSA) is 77.8 Å². The van der Waals surface area contributed by atoms with E-state index in [4.69, 9.17) is 10.3 Å². The minimum atomic E-state index is 0.0293. The fourth-order valence-corrected chi connectivity index (χ4v) is 1.34. The van der Waals surface area contributed by atoms with Gasteiger partial charge in [-0.1, -0.05) is 5.16 Å². The summed E-state index contributed by atoms with van der Waals surface area (Å²) >= 11 is 0. The van der Waals surface area contributed by atoms with E-state index in [0.29, 0.717) is 18.1 Å². The maximum Gasteiger partial charge on any atom is 0.259 e. The molecule has 5 nitrogen and oxygen atoms in total. The van der Waals surface area contributed by atoms with Gasteiger partial charge in [0.1, 0.15) is 0 Å². The van der Waals surface area contributed by atoms with Crippen LogP contribution in [0.25, 0.3) is 11.5 Å². The van der Waals surface area contributed by atoms with Crippen LogP contribution in [-0.4, -0.2) is 21.2 Å². The normalized spacial score (nSPS) is 12.7. The van der Waals surface area contributed by atoms with Gasteiger partial charge in [0, 0.05) is 24.4 Å².